The van der Waals surface area contributed by atoms with Crippen molar-refractivity contribution in [3.05, 3.63) is 33.9 Å². The highest BCUT2D eigenvalue weighted by atomic mass is 16.4. The summed E-state index contributed by atoms with van der Waals surface area (Å²) in [5.74, 6) is -0.949. The smallest absolute Gasteiger partial charge is 0.320 e. The molecule has 0 saturated heterocycles. The fraction of sp³-hybridized carbons (Fsp3) is 0.462. The lowest BCUT2D eigenvalue weighted by Crippen LogP contribution is -2.32. The van der Waals surface area contributed by atoms with Crippen LogP contribution in [0.15, 0.2) is 6.07 Å². The van der Waals surface area contributed by atoms with Gasteiger partial charge in [-0.3, -0.25) is 4.79 Å². The summed E-state index contributed by atoms with van der Waals surface area (Å²) in [6.07, 6.45) is 0.392. The number of benzene rings is 1. The van der Waals surface area contributed by atoms with E-state index in [1.165, 1.54) is 16.7 Å². The molecule has 0 bridgehead atoms. The van der Waals surface area contributed by atoms with Gasteiger partial charge >= 0.3 is 5.97 Å². The fourth-order valence-corrected chi connectivity index (χ4v) is 1.83. The highest BCUT2D eigenvalue weighted by molar-refractivity contribution is 5.73. The number of hydrogen-bond donors (Lipinski definition) is 2. The second kappa shape index (κ2) is 4.66. The van der Waals surface area contributed by atoms with E-state index in [1.54, 1.807) is 0 Å². The Kier molecular flexibility index (Phi) is 3.70. The van der Waals surface area contributed by atoms with E-state index in [4.69, 9.17) is 10.8 Å². The molecule has 3 nitrogen and oxygen atoms in total. The number of carbonyl (C=O) groups is 1. The second-order valence-electron chi connectivity index (χ2n) is 4.38. The zero-order valence-electron chi connectivity index (χ0n) is 10.3. The molecule has 0 radical (unpaired) electrons. The van der Waals surface area contributed by atoms with Crippen molar-refractivity contribution >= 4 is 5.97 Å². The Morgan fingerprint density at radius 1 is 1.25 bits per heavy atom. The monoisotopic (exact) mass is 221 g/mol. The average Bonchev–Trinajstić information content (AvgIpc) is 2.22. The zero-order valence-corrected chi connectivity index (χ0v) is 10.3. The summed E-state index contributed by atoms with van der Waals surface area (Å²) in [7, 11) is 0. The van der Waals surface area contributed by atoms with Crippen molar-refractivity contribution in [2.45, 2.75) is 40.2 Å². The Labute approximate surface area is 96.3 Å². The first kappa shape index (κ1) is 12.7. The Hall–Kier alpha value is -1.35. The molecule has 16 heavy (non-hydrogen) atoms. The standard InChI is InChI=1S/C13H19NO2/c1-7-5-11(6-12(14)13(15)16)10(4)9(3)8(7)2/h5,12H,6,14H2,1-4H3,(H,15,16). The molecule has 0 aliphatic carbocycles. The van der Waals surface area contributed by atoms with E-state index in [0.717, 1.165) is 11.1 Å². The molecular formula is C13H19NO2. The van der Waals surface area contributed by atoms with Crippen molar-refractivity contribution in [2.24, 2.45) is 5.73 Å². The van der Waals surface area contributed by atoms with Gasteiger partial charge in [-0.25, -0.2) is 0 Å². The lowest BCUT2D eigenvalue weighted by Gasteiger charge is -2.15. The summed E-state index contributed by atoms with van der Waals surface area (Å²) >= 11 is 0. The molecule has 3 heteroatoms. The third-order valence-corrected chi connectivity index (χ3v) is 3.35. The maximum Gasteiger partial charge on any atom is 0.320 e. The van der Waals surface area contributed by atoms with Gasteiger partial charge in [0.2, 0.25) is 0 Å². The minimum absolute atomic E-state index is 0.392. The van der Waals surface area contributed by atoms with Gasteiger partial charge in [-0.05, 0) is 61.9 Å². The molecule has 1 aromatic rings. The SMILES string of the molecule is Cc1cc(CC(N)C(=O)O)c(C)c(C)c1C. The first-order chi connectivity index (χ1) is 7.34. The van der Waals surface area contributed by atoms with E-state index >= 15 is 0 Å². The number of hydrogen-bond acceptors (Lipinski definition) is 2. The maximum atomic E-state index is 10.7. The van der Waals surface area contributed by atoms with E-state index < -0.39 is 12.0 Å². The number of aliphatic carboxylic acids is 1. The number of aryl methyl sites for hydroxylation is 1. The largest absolute Gasteiger partial charge is 0.480 e. The molecule has 1 aromatic carbocycles. The fourth-order valence-electron chi connectivity index (χ4n) is 1.83. The predicted molar refractivity (Wildman–Crippen MR) is 64.7 cm³/mol. The first-order valence-corrected chi connectivity index (χ1v) is 5.39. The van der Waals surface area contributed by atoms with Crippen LogP contribution in [-0.2, 0) is 11.2 Å². The van der Waals surface area contributed by atoms with Crippen LogP contribution in [0.25, 0.3) is 0 Å². The number of carboxylic acids is 1. The molecular weight excluding hydrogens is 202 g/mol. The highest BCUT2D eigenvalue weighted by Gasteiger charge is 2.15. The molecule has 0 fully saturated rings. The molecule has 0 heterocycles. The van der Waals surface area contributed by atoms with Gasteiger partial charge in [0.25, 0.3) is 0 Å². The van der Waals surface area contributed by atoms with Crippen LogP contribution >= 0.6 is 0 Å². The molecule has 0 aromatic heterocycles. The first-order valence-electron chi connectivity index (χ1n) is 5.39. The lowest BCUT2D eigenvalue weighted by atomic mass is 9.91. The van der Waals surface area contributed by atoms with Crippen LogP contribution in [0.5, 0.6) is 0 Å². The van der Waals surface area contributed by atoms with Crippen LogP contribution in [-0.4, -0.2) is 17.1 Å². The Bertz CT molecular complexity index is 424. The minimum Gasteiger partial charge on any atom is -0.480 e. The summed E-state index contributed by atoms with van der Waals surface area (Å²) in [6, 6.07) is 1.22. The van der Waals surface area contributed by atoms with E-state index in [1.807, 2.05) is 19.9 Å². The number of rotatable bonds is 3. The molecule has 0 aliphatic heterocycles. The van der Waals surface area contributed by atoms with Crippen LogP contribution in [0, 0.1) is 27.7 Å². The normalized spacial score (nSPS) is 12.6. The quantitative estimate of drug-likeness (QED) is 0.819. The van der Waals surface area contributed by atoms with Crippen molar-refractivity contribution in [2.75, 3.05) is 0 Å². The van der Waals surface area contributed by atoms with Gasteiger partial charge in [-0.2, -0.15) is 0 Å². The minimum atomic E-state index is -0.949. The van der Waals surface area contributed by atoms with Crippen molar-refractivity contribution in [3.63, 3.8) is 0 Å². The molecule has 1 unspecified atom stereocenters. The number of carboxylic acid groups (broad SMARTS) is 1. The molecule has 3 N–H and O–H groups in total. The van der Waals surface area contributed by atoms with Gasteiger partial charge in [0.1, 0.15) is 6.04 Å². The Morgan fingerprint density at radius 3 is 2.31 bits per heavy atom. The summed E-state index contributed by atoms with van der Waals surface area (Å²) in [5, 5.41) is 8.80. The molecule has 0 amide bonds. The van der Waals surface area contributed by atoms with Gasteiger partial charge in [0, 0.05) is 0 Å². The van der Waals surface area contributed by atoms with Crippen LogP contribution in [0.2, 0.25) is 0 Å². The molecule has 1 atom stereocenters. The molecule has 0 aliphatic rings. The predicted octanol–water partition coefficient (Wildman–Crippen LogP) is 1.87. The van der Waals surface area contributed by atoms with Crippen molar-refractivity contribution in [1.29, 1.82) is 0 Å². The Balaban J connectivity index is 3.11. The van der Waals surface area contributed by atoms with Crippen molar-refractivity contribution in [1.82, 2.24) is 0 Å². The Morgan fingerprint density at radius 2 is 1.81 bits per heavy atom. The van der Waals surface area contributed by atoms with Crippen LogP contribution < -0.4 is 5.73 Å². The van der Waals surface area contributed by atoms with Gasteiger partial charge in [-0.15, -0.1) is 0 Å². The maximum absolute atomic E-state index is 10.7. The summed E-state index contributed by atoms with van der Waals surface area (Å²) < 4.78 is 0. The summed E-state index contributed by atoms with van der Waals surface area (Å²) in [5.41, 5.74) is 11.4. The molecule has 1 rings (SSSR count). The van der Waals surface area contributed by atoms with Crippen LogP contribution in [0.3, 0.4) is 0 Å². The summed E-state index contributed by atoms with van der Waals surface area (Å²) in [6.45, 7) is 8.20. The molecule has 88 valence electrons. The van der Waals surface area contributed by atoms with Crippen LogP contribution in [0.1, 0.15) is 27.8 Å². The van der Waals surface area contributed by atoms with Gasteiger partial charge in [0.15, 0.2) is 0 Å². The van der Waals surface area contributed by atoms with Gasteiger partial charge < -0.3 is 10.8 Å². The van der Waals surface area contributed by atoms with Gasteiger partial charge in [-0.1, -0.05) is 6.07 Å². The van der Waals surface area contributed by atoms with E-state index in [2.05, 4.69) is 13.8 Å². The topological polar surface area (TPSA) is 63.3 Å². The third kappa shape index (κ3) is 2.42. The lowest BCUT2D eigenvalue weighted by molar-refractivity contribution is -0.138. The van der Waals surface area contributed by atoms with Gasteiger partial charge in [0.05, 0.1) is 0 Å². The average molecular weight is 221 g/mol. The second-order valence-corrected chi connectivity index (χ2v) is 4.38. The highest BCUT2D eigenvalue weighted by Crippen LogP contribution is 2.22. The molecule has 0 spiro atoms. The van der Waals surface area contributed by atoms with E-state index in [-0.39, 0.29) is 0 Å². The van der Waals surface area contributed by atoms with E-state index in [9.17, 15) is 4.79 Å². The number of nitrogens with two attached hydrogens (primary N) is 1. The third-order valence-electron chi connectivity index (χ3n) is 3.35. The van der Waals surface area contributed by atoms with E-state index in [0.29, 0.717) is 6.42 Å². The van der Waals surface area contributed by atoms with Crippen molar-refractivity contribution < 1.29 is 9.90 Å². The van der Waals surface area contributed by atoms with Crippen molar-refractivity contribution in [3.8, 4) is 0 Å². The molecule has 0 saturated carbocycles. The zero-order chi connectivity index (χ0) is 12.5. The summed E-state index contributed by atoms with van der Waals surface area (Å²) in [4.78, 5) is 10.7. The van der Waals surface area contributed by atoms with Crippen LogP contribution in [0.4, 0.5) is 0 Å².